The average molecular weight is 431 g/mol. The van der Waals surface area contributed by atoms with E-state index in [0.29, 0.717) is 13.0 Å². The molecule has 2 aromatic carbocycles. The van der Waals surface area contributed by atoms with Crippen LogP contribution in [0.4, 0.5) is 0 Å². The standard InChI is InChI=1S/C26H30N4O2/c1-27-25(31)26(14-20-8-3-5-10-23(20)22-15-28-19-29-16-22)12-7-13-30(18-26)17-21-9-4-6-11-24(21)32-2/h3-6,8-11,15-16,19H,7,12-14,17-18H2,1-2H3,(H,27,31)/t26-/m0/s1. The van der Waals surface area contributed by atoms with Gasteiger partial charge in [-0.15, -0.1) is 0 Å². The lowest BCUT2D eigenvalue weighted by atomic mass is 9.73. The summed E-state index contributed by atoms with van der Waals surface area (Å²) in [6.07, 6.45) is 7.68. The van der Waals surface area contributed by atoms with E-state index in [2.05, 4.69) is 38.4 Å². The summed E-state index contributed by atoms with van der Waals surface area (Å²) in [5.41, 5.74) is 3.84. The van der Waals surface area contributed by atoms with Crippen molar-refractivity contribution in [3.05, 3.63) is 78.4 Å². The van der Waals surface area contributed by atoms with Crippen molar-refractivity contribution in [2.24, 2.45) is 5.41 Å². The van der Waals surface area contributed by atoms with Gasteiger partial charge in [0.05, 0.1) is 12.5 Å². The summed E-state index contributed by atoms with van der Waals surface area (Å²) in [4.78, 5) is 24.0. The SMILES string of the molecule is CNC(=O)[C@]1(Cc2ccccc2-c2cncnc2)CCCN(Cc2ccccc2OC)C1. The summed E-state index contributed by atoms with van der Waals surface area (Å²) in [7, 11) is 3.44. The Bertz CT molecular complexity index is 1060. The zero-order valence-corrected chi connectivity index (χ0v) is 18.8. The van der Waals surface area contributed by atoms with Crippen LogP contribution in [0, 0.1) is 5.41 Å². The third-order valence-corrected chi connectivity index (χ3v) is 6.37. The van der Waals surface area contributed by atoms with Crippen molar-refractivity contribution >= 4 is 5.91 Å². The fourth-order valence-electron chi connectivity index (χ4n) is 4.87. The minimum Gasteiger partial charge on any atom is -0.496 e. The van der Waals surface area contributed by atoms with Crippen molar-refractivity contribution < 1.29 is 9.53 Å². The van der Waals surface area contributed by atoms with Crippen LogP contribution in [0.25, 0.3) is 11.1 Å². The summed E-state index contributed by atoms with van der Waals surface area (Å²) in [6.45, 7) is 2.42. The van der Waals surface area contributed by atoms with Crippen LogP contribution in [0.3, 0.4) is 0 Å². The fraction of sp³-hybridized carbons (Fsp3) is 0.346. The Balaban J connectivity index is 1.63. The number of likely N-dealkylation sites (tertiary alicyclic amines) is 1. The Labute approximate surface area is 189 Å². The smallest absolute Gasteiger partial charge is 0.227 e. The monoisotopic (exact) mass is 430 g/mol. The number of amides is 1. The van der Waals surface area contributed by atoms with E-state index in [9.17, 15) is 4.79 Å². The first-order valence-electron chi connectivity index (χ1n) is 11.0. The Hall–Kier alpha value is -3.25. The first kappa shape index (κ1) is 22.0. The lowest BCUT2D eigenvalue weighted by Crippen LogP contribution is -2.52. The number of rotatable bonds is 7. The lowest BCUT2D eigenvalue weighted by molar-refractivity contribution is -0.134. The van der Waals surface area contributed by atoms with Gasteiger partial charge in [0.1, 0.15) is 12.1 Å². The Morgan fingerprint density at radius 1 is 1.09 bits per heavy atom. The van der Waals surface area contributed by atoms with Gasteiger partial charge in [0.15, 0.2) is 0 Å². The van der Waals surface area contributed by atoms with E-state index in [1.165, 1.54) is 6.33 Å². The molecular formula is C26H30N4O2. The molecule has 32 heavy (non-hydrogen) atoms. The quantitative estimate of drug-likeness (QED) is 0.619. The zero-order valence-electron chi connectivity index (χ0n) is 18.8. The largest absolute Gasteiger partial charge is 0.496 e. The maximum atomic E-state index is 13.3. The molecule has 2 heterocycles. The molecule has 0 saturated carbocycles. The molecular weight excluding hydrogens is 400 g/mol. The fourth-order valence-corrected chi connectivity index (χ4v) is 4.87. The van der Waals surface area contributed by atoms with Crippen LogP contribution in [-0.2, 0) is 17.8 Å². The average Bonchev–Trinajstić information content (AvgIpc) is 2.85. The third kappa shape index (κ3) is 4.65. The Kier molecular flexibility index (Phi) is 6.81. The number of hydrogen-bond donors (Lipinski definition) is 1. The summed E-state index contributed by atoms with van der Waals surface area (Å²) in [5, 5.41) is 2.95. The predicted molar refractivity (Wildman–Crippen MR) is 125 cm³/mol. The molecule has 1 aliphatic rings. The normalized spacial score (nSPS) is 18.8. The highest BCUT2D eigenvalue weighted by Gasteiger charge is 2.42. The van der Waals surface area contributed by atoms with Gasteiger partial charge in [-0.25, -0.2) is 9.97 Å². The minimum atomic E-state index is -0.499. The van der Waals surface area contributed by atoms with Gasteiger partial charge >= 0.3 is 0 Å². The molecule has 1 amide bonds. The molecule has 1 atom stereocenters. The molecule has 1 aliphatic heterocycles. The molecule has 0 spiro atoms. The molecule has 1 fully saturated rings. The first-order valence-corrected chi connectivity index (χ1v) is 11.0. The number of para-hydroxylation sites is 1. The van der Waals surface area contributed by atoms with E-state index in [4.69, 9.17) is 4.74 Å². The highest BCUT2D eigenvalue weighted by Crippen LogP contribution is 2.37. The van der Waals surface area contributed by atoms with Crippen LogP contribution in [0.2, 0.25) is 0 Å². The summed E-state index contributed by atoms with van der Waals surface area (Å²) >= 11 is 0. The van der Waals surface area contributed by atoms with Gasteiger partial charge in [0, 0.05) is 43.7 Å². The molecule has 0 bridgehead atoms. The second-order valence-electron chi connectivity index (χ2n) is 8.45. The molecule has 0 radical (unpaired) electrons. The van der Waals surface area contributed by atoms with E-state index in [-0.39, 0.29) is 5.91 Å². The maximum absolute atomic E-state index is 13.3. The zero-order chi connectivity index (χ0) is 22.4. The van der Waals surface area contributed by atoms with Crippen molar-refractivity contribution in [2.75, 3.05) is 27.2 Å². The van der Waals surface area contributed by atoms with Crippen molar-refractivity contribution in [1.82, 2.24) is 20.2 Å². The molecule has 6 heteroatoms. The second kappa shape index (κ2) is 9.92. The predicted octanol–water partition coefficient (Wildman–Crippen LogP) is 3.72. The summed E-state index contributed by atoms with van der Waals surface area (Å²) in [6, 6.07) is 16.4. The minimum absolute atomic E-state index is 0.0985. The number of methoxy groups -OCH3 is 1. The summed E-state index contributed by atoms with van der Waals surface area (Å²) < 4.78 is 5.55. The molecule has 0 unspecified atom stereocenters. The van der Waals surface area contributed by atoms with Gasteiger partial charge in [0.25, 0.3) is 0 Å². The van der Waals surface area contributed by atoms with Crippen LogP contribution in [0.15, 0.2) is 67.3 Å². The number of nitrogens with one attached hydrogen (secondary N) is 1. The number of nitrogens with zero attached hydrogens (tertiary/aromatic N) is 3. The van der Waals surface area contributed by atoms with Crippen molar-refractivity contribution in [1.29, 1.82) is 0 Å². The molecule has 166 valence electrons. The molecule has 1 saturated heterocycles. The molecule has 6 nitrogen and oxygen atoms in total. The first-order chi connectivity index (χ1) is 15.6. The highest BCUT2D eigenvalue weighted by atomic mass is 16.5. The van der Waals surface area contributed by atoms with Crippen molar-refractivity contribution in [3.8, 4) is 16.9 Å². The third-order valence-electron chi connectivity index (χ3n) is 6.37. The molecule has 4 rings (SSSR count). The van der Waals surface area contributed by atoms with Crippen LogP contribution >= 0.6 is 0 Å². The highest BCUT2D eigenvalue weighted by molar-refractivity contribution is 5.83. The van der Waals surface area contributed by atoms with Gasteiger partial charge < -0.3 is 10.1 Å². The molecule has 0 aliphatic carbocycles. The van der Waals surface area contributed by atoms with Crippen LogP contribution < -0.4 is 10.1 Å². The van der Waals surface area contributed by atoms with Gasteiger partial charge in [0.2, 0.25) is 5.91 Å². The maximum Gasteiger partial charge on any atom is 0.227 e. The van der Waals surface area contributed by atoms with E-state index in [0.717, 1.165) is 53.9 Å². The Morgan fingerprint density at radius 3 is 2.56 bits per heavy atom. The van der Waals surface area contributed by atoms with E-state index < -0.39 is 5.41 Å². The van der Waals surface area contributed by atoms with Gasteiger partial charge in [-0.05, 0) is 43.0 Å². The number of carbonyl (C=O) groups excluding carboxylic acids is 1. The molecule has 1 N–H and O–H groups in total. The number of carbonyl (C=O) groups is 1. The van der Waals surface area contributed by atoms with Crippen LogP contribution in [0.5, 0.6) is 5.75 Å². The van der Waals surface area contributed by atoms with Crippen molar-refractivity contribution in [2.45, 2.75) is 25.8 Å². The topological polar surface area (TPSA) is 67.4 Å². The van der Waals surface area contributed by atoms with Crippen molar-refractivity contribution in [3.63, 3.8) is 0 Å². The van der Waals surface area contributed by atoms with E-state index >= 15 is 0 Å². The number of ether oxygens (including phenoxy) is 1. The Morgan fingerprint density at radius 2 is 1.81 bits per heavy atom. The number of benzene rings is 2. The van der Waals surface area contributed by atoms with Gasteiger partial charge in [-0.3, -0.25) is 9.69 Å². The molecule has 3 aromatic rings. The van der Waals surface area contributed by atoms with E-state index in [1.54, 1.807) is 14.2 Å². The summed E-state index contributed by atoms with van der Waals surface area (Å²) in [5.74, 6) is 0.986. The lowest BCUT2D eigenvalue weighted by Gasteiger charge is -2.42. The van der Waals surface area contributed by atoms with E-state index in [1.807, 2.05) is 42.7 Å². The molecule has 1 aromatic heterocycles. The van der Waals surface area contributed by atoms with Gasteiger partial charge in [-0.1, -0.05) is 42.5 Å². The second-order valence-corrected chi connectivity index (χ2v) is 8.45. The number of hydrogen-bond acceptors (Lipinski definition) is 5. The van der Waals surface area contributed by atoms with Gasteiger partial charge in [-0.2, -0.15) is 0 Å². The van der Waals surface area contributed by atoms with Crippen LogP contribution in [0.1, 0.15) is 24.0 Å². The van der Waals surface area contributed by atoms with Crippen LogP contribution in [-0.4, -0.2) is 48.0 Å². The number of piperidine rings is 1. The number of aromatic nitrogens is 2.